The van der Waals surface area contributed by atoms with Crippen LogP contribution in [0.4, 0.5) is 0 Å². The van der Waals surface area contributed by atoms with Gasteiger partial charge < -0.3 is 4.90 Å². The summed E-state index contributed by atoms with van der Waals surface area (Å²) in [6, 6.07) is 34.2. The lowest BCUT2D eigenvalue weighted by Gasteiger charge is -2.36. The van der Waals surface area contributed by atoms with Crippen molar-refractivity contribution in [1.82, 2.24) is 0 Å². The molecule has 3 aliphatic rings. The van der Waals surface area contributed by atoms with Crippen LogP contribution in [0.25, 0.3) is 21.9 Å². The summed E-state index contributed by atoms with van der Waals surface area (Å²) >= 11 is 0. The number of quaternary nitrogens is 1. The molecule has 0 radical (unpaired) electrons. The number of benzene rings is 4. The Balaban J connectivity index is 1.62. The van der Waals surface area contributed by atoms with E-state index in [4.69, 9.17) is 0 Å². The van der Waals surface area contributed by atoms with Gasteiger partial charge in [-0.05, 0) is 33.0 Å². The molecule has 4 aromatic rings. The van der Waals surface area contributed by atoms with Gasteiger partial charge in [0.1, 0.15) is 0 Å². The second kappa shape index (κ2) is 7.00. The monoisotopic (exact) mass is 428 g/mol. The van der Waals surface area contributed by atoms with Gasteiger partial charge in [0, 0.05) is 24.0 Å². The van der Waals surface area contributed by atoms with Crippen LogP contribution in [0.5, 0.6) is 0 Å². The Hall–Kier alpha value is -3.49. The van der Waals surface area contributed by atoms with Crippen LogP contribution in [0.3, 0.4) is 0 Å². The second-order valence-electron chi connectivity index (χ2n) is 9.65. The maximum Gasteiger partial charge on any atom is 0.229 e. The molecule has 2 atom stereocenters. The molecule has 1 N–H and O–H groups in total. The molecule has 2 aliphatic carbocycles. The van der Waals surface area contributed by atoms with Crippen molar-refractivity contribution in [3.8, 4) is 0 Å². The zero-order valence-corrected chi connectivity index (χ0v) is 18.6. The lowest BCUT2D eigenvalue weighted by Crippen LogP contribution is -3.18. The summed E-state index contributed by atoms with van der Waals surface area (Å²) in [7, 11) is 0. The van der Waals surface area contributed by atoms with Crippen molar-refractivity contribution in [2.24, 2.45) is 0 Å². The number of Topliss-reactive ketones (excluding diaryl/α,β-unsaturated/α-hetero) is 1. The van der Waals surface area contributed by atoms with Crippen molar-refractivity contribution in [2.45, 2.75) is 24.3 Å². The van der Waals surface area contributed by atoms with Crippen LogP contribution in [0.15, 0.2) is 97.1 Å². The van der Waals surface area contributed by atoms with E-state index in [0.717, 1.165) is 24.2 Å². The Morgan fingerprint density at radius 3 is 2.03 bits per heavy atom. The summed E-state index contributed by atoms with van der Waals surface area (Å²) in [6.45, 7) is 2.10. The molecule has 1 fully saturated rings. The molecule has 0 spiro atoms. The van der Waals surface area contributed by atoms with Gasteiger partial charge in [0.2, 0.25) is 5.78 Å². The summed E-state index contributed by atoms with van der Waals surface area (Å²) in [5, 5.41) is 2.55. The Morgan fingerprint density at radius 1 is 0.697 bits per heavy atom. The maximum absolute atomic E-state index is 14.9. The first kappa shape index (κ1) is 19.0. The van der Waals surface area contributed by atoms with Gasteiger partial charge >= 0.3 is 0 Å². The first-order valence-electron chi connectivity index (χ1n) is 12.1. The molecule has 0 saturated carbocycles. The third-order valence-electron chi connectivity index (χ3n) is 8.16. The largest absolute Gasteiger partial charge is 0.319 e. The summed E-state index contributed by atoms with van der Waals surface area (Å²) < 4.78 is 0. The Bertz CT molecular complexity index is 1420. The third-order valence-corrected chi connectivity index (χ3v) is 8.16. The zero-order valence-electron chi connectivity index (χ0n) is 18.6. The van der Waals surface area contributed by atoms with Gasteiger partial charge in [-0.2, -0.15) is 0 Å². The predicted molar refractivity (Wildman–Crippen MR) is 133 cm³/mol. The quantitative estimate of drug-likeness (QED) is 0.487. The number of fused-ring (bicyclic) bond motifs is 3. The van der Waals surface area contributed by atoms with E-state index in [1.807, 2.05) is 6.07 Å². The molecular formula is C31H26NO+. The standard InChI is InChI=1S/C31H25NO/c33-30-28(23-13-5-2-6-14-23)27(22-11-3-1-4-12-22)29-24-17-9-15-21-16-10-18-25(26(21)24)31(29,30)32-19-7-8-20-32/h1-6,9-18,29H,7-8,19-20H2/p+1/t29-,31+/m0/s1. The Kier molecular flexibility index (Phi) is 4.04. The average Bonchev–Trinajstić information content (AvgIpc) is 3.56. The van der Waals surface area contributed by atoms with Crippen molar-refractivity contribution >= 4 is 27.7 Å². The third kappa shape index (κ3) is 2.39. The predicted octanol–water partition coefficient (Wildman–Crippen LogP) is 5.00. The van der Waals surface area contributed by atoms with Crippen LogP contribution < -0.4 is 4.90 Å². The van der Waals surface area contributed by atoms with Gasteiger partial charge in [0.05, 0.1) is 19.0 Å². The minimum Gasteiger partial charge on any atom is -0.319 e. The molecule has 0 aromatic heterocycles. The van der Waals surface area contributed by atoms with E-state index >= 15 is 0 Å². The summed E-state index contributed by atoms with van der Waals surface area (Å²) in [6.07, 6.45) is 2.37. The highest BCUT2D eigenvalue weighted by atomic mass is 16.1. The molecule has 160 valence electrons. The molecular weight excluding hydrogens is 402 g/mol. The molecule has 0 amide bonds. The fourth-order valence-electron chi connectivity index (χ4n) is 6.99. The molecule has 7 rings (SSSR count). The fourth-order valence-corrected chi connectivity index (χ4v) is 6.99. The molecule has 0 bridgehead atoms. The normalized spacial score (nSPS) is 24.1. The number of hydrogen-bond acceptors (Lipinski definition) is 1. The number of nitrogens with one attached hydrogen (secondary N) is 1. The van der Waals surface area contributed by atoms with E-state index in [9.17, 15) is 4.79 Å². The molecule has 0 unspecified atom stereocenters. The van der Waals surface area contributed by atoms with E-state index in [0.29, 0.717) is 5.78 Å². The van der Waals surface area contributed by atoms with Gasteiger partial charge in [-0.15, -0.1) is 0 Å². The SMILES string of the molecule is O=C1C(c2ccccc2)=C(c2ccccc2)[C@@H]2c3cccc4cccc(c34)[C@]12[NH+]1CCCC1. The van der Waals surface area contributed by atoms with Gasteiger partial charge in [-0.25, -0.2) is 0 Å². The van der Waals surface area contributed by atoms with E-state index in [2.05, 4.69) is 91.0 Å². The molecule has 1 heterocycles. The first-order chi connectivity index (χ1) is 16.3. The first-order valence-corrected chi connectivity index (χ1v) is 12.1. The summed E-state index contributed by atoms with van der Waals surface area (Å²) in [5.41, 5.74) is 6.31. The van der Waals surface area contributed by atoms with E-state index in [-0.39, 0.29) is 5.92 Å². The van der Waals surface area contributed by atoms with Gasteiger partial charge in [0.25, 0.3) is 0 Å². The average molecular weight is 429 g/mol. The van der Waals surface area contributed by atoms with E-state index in [1.165, 1.54) is 50.8 Å². The minimum absolute atomic E-state index is 0.0387. The van der Waals surface area contributed by atoms with Crippen molar-refractivity contribution in [3.05, 3.63) is 119 Å². The maximum atomic E-state index is 14.9. The zero-order chi connectivity index (χ0) is 22.0. The highest BCUT2D eigenvalue weighted by Gasteiger charge is 2.67. The number of likely N-dealkylation sites (tertiary alicyclic amines) is 1. The minimum atomic E-state index is -0.573. The van der Waals surface area contributed by atoms with Crippen LogP contribution >= 0.6 is 0 Å². The topological polar surface area (TPSA) is 21.5 Å². The molecule has 2 heteroatoms. The highest BCUT2D eigenvalue weighted by Crippen LogP contribution is 2.61. The highest BCUT2D eigenvalue weighted by molar-refractivity contribution is 6.37. The second-order valence-corrected chi connectivity index (χ2v) is 9.65. The van der Waals surface area contributed by atoms with Crippen molar-refractivity contribution < 1.29 is 9.69 Å². The smallest absolute Gasteiger partial charge is 0.229 e. The molecule has 1 aliphatic heterocycles. The summed E-state index contributed by atoms with van der Waals surface area (Å²) in [5.74, 6) is 0.343. The van der Waals surface area contributed by atoms with Crippen LogP contribution in [0.2, 0.25) is 0 Å². The van der Waals surface area contributed by atoms with Gasteiger partial charge in [-0.1, -0.05) is 97.1 Å². The van der Waals surface area contributed by atoms with Crippen LogP contribution in [-0.4, -0.2) is 18.9 Å². The van der Waals surface area contributed by atoms with E-state index < -0.39 is 5.54 Å². The van der Waals surface area contributed by atoms with Crippen molar-refractivity contribution in [3.63, 3.8) is 0 Å². The van der Waals surface area contributed by atoms with Crippen molar-refractivity contribution in [2.75, 3.05) is 13.1 Å². The van der Waals surface area contributed by atoms with Gasteiger partial charge in [0.15, 0.2) is 5.54 Å². The number of hydrogen-bond donors (Lipinski definition) is 1. The molecule has 4 aromatic carbocycles. The van der Waals surface area contributed by atoms with Gasteiger partial charge in [-0.3, -0.25) is 4.79 Å². The Labute approximate surface area is 194 Å². The molecule has 2 nitrogen and oxygen atoms in total. The number of rotatable bonds is 3. The number of carbonyl (C=O) groups excluding carboxylic acids is 1. The van der Waals surface area contributed by atoms with E-state index in [1.54, 1.807) is 0 Å². The van der Waals surface area contributed by atoms with Crippen LogP contribution in [0, 0.1) is 0 Å². The molecule has 33 heavy (non-hydrogen) atoms. The lowest BCUT2D eigenvalue weighted by molar-refractivity contribution is -0.938. The fraction of sp³-hybridized carbons (Fsp3) is 0.194. The molecule has 1 saturated heterocycles. The van der Waals surface area contributed by atoms with Crippen LogP contribution in [0.1, 0.15) is 41.0 Å². The number of ketones is 1. The Morgan fingerprint density at radius 2 is 1.33 bits per heavy atom. The lowest BCUT2D eigenvalue weighted by atomic mass is 9.77. The van der Waals surface area contributed by atoms with Crippen molar-refractivity contribution in [1.29, 1.82) is 0 Å². The summed E-state index contributed by atoms with van der Waals surface area (Å²) in [4.78, 5) is 16.4. The van der Waals surface area contributed by atoms with Crippen LogP contribution in [-0.2, 0) is 10.3 Å². The number of carbonyl (C=O) groups is 1.